The zero-order valence-corrected chi connectivity index (χ0v) is 16.8. The highest BCUT2D eigenvalue weighted by molar-refractivity contribution is 5.77. The van der Waals surface area contributed by atoms with Gasteiger partial charge in [0.1, 0.15) is 5.82 Å². The van der Waals surface area contributed by atoms with Crippen LogP contribution in [0.5, 0.6) is 0 Å². The van der Waals surface area contributed by atoms with Crippen molar-refractivity contribution in [1.29, 1.82) is 0 Å². The largest absolute Gasteiger partial charge is 0.465 e. The van der Waals surface area contributed by atoms with Crippen molar-refractivity contribution in [3.8, 4) is 11.1 Å². The molecule has 0 spiro atoms. The van der Waals surface area contributed by atoms with Gasteiger partial charge in [-0.1, -0.05) is 24.3 Å². The van der Waals surface area contributed by atoms with Gasteiger partial charge in [-0.2, -0.15) is 0 Å². The van der Waals surface area contributed by atoms with Crippen molar-refractivity contribution in [3.63, 3.8) is 0 Å². The number of allylic oxidation sites excluding steroid dienone is 1. The third-order valence-corrected chi connectivity index (χ3v) is 4.74. The number of aromatic nitrogens is 1. The summed E-state index contributed by atoms with van der Waals surface area (Å²) < 4.78 is 19.8. The molecule has 0 aliphatic heterocycles. The Kier molecular flexibility index (Phi) is 7.16. The summed E-state index contributed by atoms with van der Waals surface area (Å²) in [7, 11) is 1.11. The SMILES string of the molecule is COC(=O)C(O)(O)CCC/C=C/c1c(-c2ccc(F)cc2)cn(C(C)C)c1C. The van der Waals surface area contributed by atoms with Gasteiger partial charge in [0.2, 0.25) is 0 Å². The Balaban J connectivity index is 2.19. The van der Waals surface area contributed by atoms with Crippen molar-refractivity contribution >= 4 is 12.0 Å². The standard InChI is InChI=1S/C22H28FNO4/c1-15(2)24-14-20(17-9-11-18(23)12-10-17)19(16(24)3)8-6-5-7-13-22(26,27)21(25)28-4/h6,8-12,14-15,26-27H,5,7,13H2,1-4H3/b8-6+. The lowest BCUT2D eigenvalue weighted by Gasteiger charge is -2.17. The Morgan fingerprint density at radius 1 is 1.29 bits per heavy atom. The predicted molar refractivity (Wildman–Crippen MR) is 107 cm³/mol. The second kappa shape index (κ2) is 9.17. The van der Waals surface area contributed by atoms with E-state index in [1.807, 2.05) is 19.1 Å². The first-order valence-electron chi connectivity index (χ1n) is 9.34. The molecular formula is C22H28FNO4. The number of rotatable bonds is 8. The fourth-order valence-corrected chi connectivity index (χ4v) is 3.18. The quantitative estimate of drug-likeness (QED) is 0.403. The van der Waals surface area contributed by atoms with Gasteiger partial charge < -0.3 is 19.5 Å². The van der Waals surface area contributed by atoms with E-state index in [2.05, 4.69) is 29.3 Å². The Hall–Kier alpha value is -2.44. The lowest BCUT2D eigenvalue weighted by atomic mass is 10.0. The van der Waals surface area contributed by atoms with Crippen LogP contribution >= 0.6 is 0 Å². The summed E-state index contributed by atoms with van der Waals surface area (Å²) >= 11 is 0. The number of ether oxygens (including phenoxy) is 1. The van der Waals surface area contributed by atoms with Crippen LogP contribution in [0.25, 0.3) is 17.2 Å². The van der Waals surface area contributed by atoms with Crippen LogP contribution in [0.3, 0.4) is 0 Å². The van der Waals surface area contributed by atoms with Gasteiger partial charge in [-0.3, -0.25) is 0 Å². The van der Waals surface area contributed by atoms with Crippen LogP contribution in [-0.4, -0.2) is 33.6 Å². The number of hydrogen-bond acceptors (Lipinski definition) is 4. The summed E-state index contributed by atoms with van der Waals surface area (Å²) in [4.78, 5) is 11.3. The van der Waals surface area contributed by atoms with Crippen LogP contribution in [-0.2, 0) is 9.53 Å². The molecule has 152 valence electrons. The first-order valence-corrected chi connectivity index (χ1v) is 9.34. The van der Waals surface area contributed by atoms with Crippen molar-refractivity contribution in [2.45, 2.75) is 51.9 Å². The van der Waals surface area contributed by atoms with Gasteiger partial charge in [0.15, 0.2) is 0 Å². The molecule has 0 fully saturated rings. The molecule has 2 aromatic rings. The lowest BCUT2D eigenvalue weighted by molar-refractivity contribution is -0.208. The van der Waals surface area contributed by atoms with Crippen molar-refractivity contribution in [2.75, 3.05) is 7.11 Å². The first kappa shape index (κ1) is 21.9. The highest BCUT2D eigenvalue weighted by atomic mass is 19.1. The van der Waals surface area contributed by atoms with E-state index in [-0.39, 0.29) is 18.3 Å². The number of aliphatic hydroxyl groups is 2. The summed E-state index contributed by atoms with van der Waals surface area (Å²) in [5.74, 6) is -3.79. The molecule has 0 aliphatic carbocycles. The molecule has 0 aliphatic rings. The average Bonchev–Trinajstić information content (AvgIpc) is 2.98. The molecule has 1 aromatic carbocycles. The number of benzene rings is 1. The third kappa shape index (κ3) is 5.09. The number of nitrogens with zero attached hydrogens (tertiary/aromatic N) is 1. The summed E-state index contributed by atoms with van der Waals surface area (Å²) in [6.07, 6.45) is 6.86. The summed E-state index contributed by atoms with van der Waals surface area (Å²) in [6, 6.07) is 6.69. The van der Waals surface area contributed by atoms with E-state index in [1.54, 1.807) is 12.1 Å². The van der Waals surface area contributed by atoms with Gasteiger partial charge in [-0.15, -0.1) is 0 Å². The van der Waals surface area contributed by atoms with Crippen LogP contribution in [0.15, 0.2) is 36.5 Å². The molecule has 28 heavy (non-hydrogen) atoms. The summed E-state index contributed by atoms with van der Waals surface area (Å²) in [5.41, 5.74) is 4.07. The maximum Gasteiger partial charge on any atom is 0.366 e. The molecule has 0 radical (unpaired) electrons. The third-order valence-electron chi connectivity index (χ3n) is 4.74. The number of halogens is 1. The zero-order chi connectivity index (χ0) is 20.9. The van der Waals surface area contributed by atoms with E-state index in [9.17, 15) is 19.4 Å². The molecule has 1 aromatic heterocycles. The van der Waals surface area contributed by atoms with E-state index in [4.69, 9.17) is 0 Å². The number of hydrogen-bond donors (Lipinski definition) is 2. The molecule has 5 nitrogen and oxygen atoms in total. The van der Waals surface area contributed by atoms with Gasteiger partial charge in [-0.25, -0.2) is 9.18 Å². The van der Waals surface area contributed by atoms with Gasteiger partial charge >= 0.3 is 5.97 Å². The monoisotopic (exact) mass is 389 g/mol. The number of unbranched alkanes of at least 4 members (excludes halogenated alkanes) is 1. The molecule has 0 unspecified atom stereocenters. The van der Waals surface area contributed by atoms with Gasteiger partial charge in [0.25, 0.3) is 5.79 Å². The van der Waals surface area contributed by atoms with Crippen LogP contribution in [0, 0.1) is 12.7 Å². The molecule has 2 rings (SSSR count). The molecule has 2 N–H and O–H groups in total. The van der Waals surface area contributed by atoms with Crippen molar-refractivity contribution in [2.24, 2.45) is 0 Å². The van der Waals surface area contributed by atoms with E-state index >= 15 is 0 Å². The fourth-order valence-electron chi connectivity index (χ4n) is 3.18. The van der Waals surface area contributed by atoms with Crippen LogP contribution < -0.4 is 0 Å². The van der Waals surface area contributed by atoms with Crippen molar-refractivity contribution in [1.82, 2.24) is 4.57 Å². The second-order valence-corrected chi connectivity index (χ2v) is 7.15. The lowest BCUT2D eigenvalue weighted by Crippen LogP contribution is -2.39. The molecule has 0 atom stereocenters. The minimum atomic E-state index is -2.46. The Morgan fingerprint density at radius 2 is 1.93 bits per heavy atom. The minimum Gasteiger partial charge on any atom is -0.465 e. The number of carbonyl (C=O) groups is 1. The molecule has 0 saturated carbocycles. The highest BCUT2D eigenvalue weighted by Gasteiger charge is 2.33. The smallest absolute Gasteiger partial charge is 0.366 e. The average molecular weight is 389 g/mol. The van der Waals surface area contributed by atoms with Crippen LogP contribution in [0.1, 0.15) is 50.4 Å². The van der Waals surface area contributed by atoms with Crippen molar-refractivity contribution < 1.29 is 24.1 Å². The molecule has 0 amide bonds. The Morgan fingerprint density at radius 3 is 2.50 bits per heavy atom. The topological polar surface area (TPSA) is 71.7 Å². The van der Waals surface area contributed by atoms with Crippen molar-refractivity contribution in [3.05, 3.63) is 53.6 Å². The maximum absolute atomic E-state index is 13.3. The Bertz CT molecular complexity index is 835. The molecular weight excluding hydrogens is 361 g/mol. The number of esters is 1. The summed E-state index contributed by atoms with van der Waals surface area (Å²) in [6.45, 7) is 6.24. The van der Waals surface area contributed by atoms with Gasteiger partial charge in [0.05, 0.1) is 7.11 Å². The maximum atomic E-state index is 13.3. The van der Waals surface area contributed by atoms with E-state index in [0.717, 1.165) is 29.5 Å². The minimum absolute atomic E-state index is 0.110. The van der Waals surface area contributed by atoms with Crippen LogP contribution in [0.4, 0.5) is 4.39 Å². The second-order valence-electron chi connectivity index (χ2n) is 7.15. The number of carbonyl (C=O) groups excluding carboxylic acids is 1. The normalized spacial score (nSPS) is 12.1. The number of methoxy groups -OCH3 is 1. The zero-order valence-electron chi connectivity index (χ0n) is 16.8. The first-order chi connectivity index (χ1) is 13.2. The van der Waals surface area contributed by atoms with E-state index < -0.39 is 11.8 Å². The predicted octanol–water partition coefficient (Wildman–Crippen LogP) is 4.22. The summed E-state index contributed by atoms with van der Waals surface area (Å²) in [5, 5.41) is 19.3. The molecule has 0 saturated heterocycles. The Labute approximate surface area is 165 Å². The fraction of sp³-hybridized carbons (Fsp3) is 0.409. The van der Waals surface area contributed by atoms with Gasteiger partial charge in [0, 0.05) is 35.5 Å². The van der Waals surface area contributed by atoms with Gasteiger partial charge in [-0.05, 0) is 51.3 Å². The molecule has 1 heterocycles. The van der Waals surface area contributed by atoms with E-state index in [0.29, 0.717) is 12.8 Å². The van der Waals surface area contributed by atoms with E-state index in [1.165, 1.54) is 12.1 Å². The highest BCUT2D eigenvalue weighted by Crippen LogP contribution is 2.31. The molecule has 6 heteroatoms. The van der Waals surface area contributed by atoms with Crippen LogP contribution in [0.2, 0.25) is 0 Å². The molecule has 0 bridgehead atoms.